The van der Waals surface area contributed by atoms with E-state index in [1.807, 2.05) is 35.7 Å². The third-order valence-corrected chi connectivity index (χ3v) is 4.32. The molecule has 0 aliphatic heterocycles. The standard InChI is InChI=1S/C16H11N3O2S/c20-16-13-9-17-5-3-11(13)4-6-19(16)10-12-8-14(21-18-12)15-2-1-7-22-15/h1-9H,10H2. The Kier molecular flexibility index (Phi) is 3.08. The van der Waals surface area contributed by atoms with Gasteiger partial charge >= 0.3 is 0 Å². The molecule has 0 spiro atoms. The van der Waals surface area contributed by atoms with Crippen molar-refractivity contribution in [3.05, 3.63) is 70.4 Å². The summed E-state index contributed by atoms with van der Waals surface area (Å²) >= 11 is 1.59. The van der Waals surface area contributed by atoms with E-state index in [1.54, 1.807) is 34.5 Å². The molecule has 0 aliphatic rings. The topological polar surface area (TPSA) is 60.9 Å². The number of hydrogen-bond donors (Lipinski definition) is 0. The van der Waals surface area contributed by atoms with Gasteiger partial charge in [-0.25, -0.2) is 0 Å². The highest BCUT2D eigenvalue weighted by Gasteiger charge is 2.09. The highest BCUT2D eigenvalue weighted by atomic mass is 32.1. The van der Waals surface area contributed by atoms with Crippen molar-refractivity contribution in [3.8, 4) is 10.6 Å². The number of rotatable bonds is 3. The molecule has 0 radical (unpaired) electrons. The third kappa shape index (κ3) is 2.23. The second-order valence-electron chi connectivity index (χ2n) is 4.87. The van der Waals surface area contributed by atoms with Gasteiger partial charge in [-0.05, 0) is 29.0 Å². The predicted octanol–water partition coefficient (Wildman–Crippen LogP) is 3.16. The van der Waals surface area contributed by atoms with Crippen LogP contribution in [-0.4, -0.2) is 14.7 Å². The van der Waals surface area contributed by atoms with E-state index >= 15 is 0 Å². The van der Waals surface area contributed by atoms with Crippen molar-refractivity contribution in [2.24, 2.45) is 0 Å². The van der Waals surface area contributed by atoms with Crippen molar-refractivity contribution in [3.63, 3.8) is 0 Å². The molecule has 0 aromatic carbocycles. The molecule has 0 bridgehead atoms. The lowest BCUT2D eigenvalue weighted by Crippen LogP contribution is -2.20. The van der Waals surface area contributed by atoms with Gasteiger partial charge in [0.25, 0.3) is 5.56 Å². The molecule has 0 amide bonds. The van der Waals surface area contributed by atoms with Crippen LogP contribution in [0.25, 0.3) is 21.4 Å². The minimum atomic E-state index is -0.0775. The lowest BCUT2D eigenvalue weighted by Gasteiger charge is -2.04. The number of hydrogen-bond acceptors (Lipinski definition) is 5. The monoisotopic (exact) mass is 309 g/mol. The van der Waals surface area contributed by atoms with Gasteiger partial charge in [-0.15, -0.1) is 11.3 Å². The van der Waals surface area contributed by atoms with Crippen LogP contribution in [0.15, 0.2) is 63.6 Å². The first-order valence-corrected chi connectivity index (χ1v) is 7.62. The van der Waals surface area contributed by atoms with E-state index in [4.69, 9.17) is 4.52 Å². The van der Waals surface area contributed by atoms with Gasteiger partial charge in [-0.3, -0.25) is 9.78 Å². The molecule has 0 atom stereocenters. The Morgan fingerprint density at radius 3 is 3.09 bits per heavy atom. The van der Waals surface area contributed by atoms with Crippen LogP contribution in [0, 0.1) is 0 Å². The molecule has 22 heavy (non-hydrogen) atoms. The molecule has 0 saturated heterocycles. The number of thiophene rings is 1. The number of fused-ring (bicyclic) bond motifs is 1. The SMILES string of the molecule is O=c1c2cnccc2ccn1Cc1cc(-c2cccs2)on1. The van der Waals surface area contributed by atoms with Gasteiger partial charge in [0.15, 0.2) is 5.76 Å². The molecular weight excluding hydrogens is 298 g/mol. The summed E-state index contributed by atoms with van der Waals surface area (Å²) in [6, 6.07) is 9.53. The Hall–Kier alpha value is -2.73. The van der Waals surface area contributed by atoms with Gasteiger partial charge in [0.2, 0.25) is 0 Å². The Balaban J connectivity index is 1.69. The Bertz CT molecular complexity index is 986. The minimum Gasteiger partial charge on any atom is -0.355 e. The smallest absolute Gasteiger partial charge is 0.260 e. The van der Waals surface area contributed by atoms with E-state index in [9.17, 15) is 4.79 Å². The summed E-state index contributed by atoms with van der Waals surface area (Å²) < 4.78 is 6.95. The molecule has 4 rings (SSSR count). The van der Waals surface area contributed by atoms with Gasteiger partial charge in [0, 0.05) is 24.7 Å². The highest BCUT2D eigenvalue weighted by molar-refractivity contribution is 7.13. The first-order valence-electron chi connectivity index (χ1n) is 6.74. The first kappa shape index (κ1) is 13.0. The molecule has 4 heterocycles. The van der Waals surface area contributed by atoms with Crippen LogP contribution >= 0.6 is 11.3 Å². The molecule has 4 aromatic heterocycles. The lowest BCUT2D eigenvalue weighted by molar-refractivity contribution is 0.421. The summed E-state index contributed by atoms with van der Waals surface area (Å²) in [5, 5.41) is 7.52. The molecule has 6 heteroatoms. The van der Waals surface area contributed by atoms with Crippen LogP contribution in [0.4, 0.5) is 0 Å². The molecule has 0 unspecified atom stereocenters. The summed E-state index contributed by atoms with van der Waals surface area (Å²) in [7, 11) is 0. The zero-order chi connectivity index (χ0) is 14.9. The van der Waals surface area contributed by atoms with Gasteiger partial charge in [0.05, 0.1) is 16.8 Å². The van der Waals surface area contributed by atoms with Gasteiger partial charge in [0.1, 0.15) is 5.69 Å². The van der Waals surface area contributed by atoms with E-state index in [1.165, 1.54) is 0 Å². The normalized spacial score (nSPS) is 11.1. The van der Waals surface area contributed by atoms with Gasteiger partial charge < -0.3 is 9.09 Å². The molecule has 5 nitrogen and oxygen atoms in total. The zero-order valence-electron chi connectivity index (χ0n) is 11.5. The van der Waals surface area contributed by atoms with Crippen molar-refractivity contribution in [2.45, 2.75) is 6.54 Å². The van der Waals surface area contributed by atoms with Gasteiger partial charge in [-0.1, -0.05) is 11.2 Å². The van der Waals surface area contributed by atoms with Crippen molar-refractivity contribution in [2.75, 3.05) is 0 Å². The molecule has 0 saturated carbocycles. The molecule has 108 valence electrons. The molecule has 0 fully saturated rings. The fourth-order valence-electron chi connectivity index (χ4n) is 2.34. The second-order valence-corrected chi connectivity index (χ2v) is 5.82. The average Bonchev–Trinajstić information content (AvgIpc) is 3.21. The predicted molar refractivity (Wildman–Crippen MR) is 84.9 cm³/mol. The van der Waals surface area contributed by atoms with Crippen molar-refractivity contribution >= 4 is 22.1 Å². The molecule has 0 aliphatic carbocycles. The van der Waals surface area contributed by atoms with Crippen molar-refractivity contribution in [1.82, 2.24) is 14.7 Å². The van der Waals surface area contributed by atoms with E-state index in [2.05, 4.69) is 10.1 Å². The summed E-state index contributed by atoms with van der Waals surface area (Å²) in [4.78, 5) is 17.5. The number of nitrogens with zero attached hydrogens (tertiary/aromatic N) is 3. The van der Waals surface area contributed by atoms with E-state index in [-0.39, 0.29) is 5.56 Å². The highest BCUT2D eigenvalue weighted by Crippen LogP contribution is 2.25. The maximum absolute atomic E-state index is 12.4. The number of aromatic nitrogens is 3. The lowest BCUT2D eigenvalue weighted by atomic mass is 10.2. The maximum Gasteiger partial charge on any atom is 0.260 e. The fourth-order valence-corrected chi connectivity index (χ4v) is 3.02. The Morgan fingerprint density at radius 1 is 1.27 bits per heavy atom. The van der Waals surface area contributed by atoms with Crippen molar-refractivity contribution < 1.29 is 4.52 Å². The third-order valence-electron chi connectivity index (χ3n) is 3.44. The van der Waals surface area contributed by atoms with Crippen LogP contribution in [0.2, 0.25) is 0 Å². The zero-order valence-corrected chi connectivity index (χ0v) is 12.3. The van der Waals surface area contributed by atoms with E-state index in [0.717, 1.165) is 16.0 Å². The Morgan fingerprint density at radius 2 is 2.23 bits per heavy atom. The molecular formula is C16H11N3O2S. The quantitative estimate of drug-likeness (QED) is 0.583. The summed E-state index contributed by atoms with van der Waals surface area (Å²) in [6.07, 6.45) is 5.04. The van der Waals surface area contributed by atoms with Crippen LogP contribution in [0.5, 0.6) is 0 Å². The summed E-state index contributed by atoms with van der Waals surface area (Å²) in [5.41, 5.74) is 0.639. The maximum atomic E-state index is 12.4. The average molecular weight is 309 g/mol. The van der Waals surface area contributed by atoms with E-state index < -0.39 is 0 Å². The van der Waals surface area contributed by atoms with Crippen LogP contribution in [-0.2, 0) is 6.54 Å². The van der Waals surface area contributed by atoms with Crippen LogP contribution in [0.3, 0.4) is 0 Å². The number of pyridine rings is 2. The van der Waals surface area contributed by atoms with Crippen LogP contribution < -0.4 is 5.56 Å². The van der Waals surface area contributed by atoms with Gasteiger partial charge in [-0.2, -0.15) is 0 Å². The fraction of sp³-hybridized carbons (Fsp3) is 0.0625. The summed E-state index contributed by atoms with van der Waals surface area (Å²) in [5.74, 6) is 0.723. The van der Waals surface area contributed by atoms with E-state index in [0.29, 0.717) is 17.6 Å². The van der Waals surface area contributed by atoms with Crippen molar-refractivity contribution in [1.29, 1.82) is 0 Å². The Labute approximate surface area is 129 Å². The van der Waals surface area contributed by atoms with Crippen LogP contribution in [0.1, 0.15) is 5.69 Å². The largest absolute Gasteiger partial charge is 0.355 e. The summed E-state index contributed by atoms with van der Waals surface area (Å²) in [6.45, 7) is 0.374. The minimum absolute atomic E-state index is 0.0775. The second kappa shape index (κ2) is 5.23. The molecule has 0 N–H and O–H groups in total. The molecule has 4 aromatic rings. The first-order chi connectivity index (χ1) is 10.8.